The molecule has 0 spiro atoms. The summed E-state index contributed by atoms with van der Waals surface area (Å²) >= 11 is 0. The topological polar surface area (TPSA) is 54.0 Å². The van der Waals surface area contributed by atoms with Crippen LogP contribution in [0.2, 0.25) is 0 Å². The third-order valence-corrected chi connectivity index (χ3v) is 1.72. The number of amides is 1. The van der Waals surface area contributed by atoms with Crippen molar-refractivity contribution in [2.45, 2.75) is 13.3 Å². The fraction of sp³-hybridized carbons (Fsp3) is 0.400. The van der Waals surface area contributed by atoms with Crippen molar-refractivity contribution in [2.24, 2.45) is 0 Å². The lowest BCUT2D eigenvalue weighted by molar-refractivity contribution is -0.115. The molecule has 0 aliphatic heterocycles. The maximum Gasteiger partial charge on any atom is 0.238 e. The molecular formula is C10H14FN3O. The molecule has 0 radical (unpaired) electrons. The lowest BCUT2D eigenvalue weighted by atomic mass is 10.4. The van der Waals surface area contributed by atoms with E-state index in [9.17, 15) is 9.18 Å². The molecule has 15 heavy (non-hydrogen) atoms. The Morgan fingerprint density at radius 2 is 2.33 bits per heavy atom. The van der Waals surface area contributed by atoms with Gasteiger partial charge in [-0.25, -0.2) is 4.98 Å². The highest BCUT2D eigenvalue weighted by molar-refractivity contribution is 5.91. The number of aromatic nitrogens is 1. The summed E-state index contributed by atoms with van der Waals surface area (Å²) in [6.45, 7) is 3.08. The summed E-state index contributed by atoms with van der Waals surface area (Å²) in [5, 5.41) is 5.56. The molecule has 5 heteroatoms. The number of nitrogens with zero attached hydrogens (tertiary/aromatic N) is 1. The molecule has 4 nitrogen and oxygen atoms in total. The van der Waals surface area contributed by atoms with E-state index < -0.39 is 5.95 Å². The SMILES string of the molecule is CCCNCC(=O)Nc1ccc(F)nc1. The van der Waals surface area contributed by atoms with Crippen LogP contribution in [0.1, 0.15) is 13.3 Å². The number of hydrogen-bond donors (Lipinski definition) is 2. The Kier molecular flexibility index (Phi) is 4.70. The second-order valence-corrected chi connectivity index (χ2v) is 3.09. The zero-order valence-electron chi connectivity index (χ0n) is 8.59. The van der Waals surface area contributed by atoms with Gasteiger partial charge in [0.2, 0.25) is 11.9 Å². The van der Waals surface area contributed by atoms with Gasteiger partial charge in [-0.15, -0.1) is 0 Å². The van der Waals surface area contributed by atoms with Crippen molar-refractivity contribution in [1.82, 2.24) is 10.3 Å². The number of carbonyl (C=O) groups excluding carboxylic acids is 1. The van der Waals surface area contributed by atoms with Gasteiger partial charge >= 0.3 is 0 Å². The van der Waals surface area contributed by atoms with E-state index in [1.165, 1.54) is 18.3 Å². The van der Waals surface area contributed by atoms with Crippen LogP contribution in [0, 0.1) is 5.95 Å². The fourth-order valence-electron chi connectivity index (χ4n) is 1.03. The zero-order valence-corrected chi connectivity index (χ0v) is 8.59. The summed E-state index contributed by atoms with van der Waals surface area (Å²) < 4.78 is 12.4. The summed E-state index contributed by atoms with van der Waals surface area (Å²) in [4.78, 5) is 14.7. The molecular weight excluding hydrogens is 197 g/mol. The Morgan fingerprint density at radius 1 is 1.53 bits per heavy atom. The summed E-state index contributed by atoms with van der Waals surface area (Å²) in [6, 6.07) is 2.68. The molecule has 0 aliphatic carbocycles. The molecule has 0 aliphatic rings. The van der Waals surface area contributed by atoms with Crippen LogP contribution in [-0.2, 0) is 4.79 Å². The lowest BCUT2D eigenvalue weighted by Crippen LogP contribution is -2.28. The number of hydrogen-bond acceptors (Lipinski definition) is 3. The molecule has 1 aromatic rings. The van der Waals surface area contributed by atoms with Gasteiger partial charge in [0, 0.05) is 0 Å². The summed E-state index contributed by atoms with van der Waals surface area (Å²) in [5.41, 5.74) is 0.500. The van der Waals surface area contributed by atoms with E-state index in [-0.39, 0.29) is 12.5 Å². The van der Waals surface area contributed by atoms with Gasteiger partial charge in [0.25, 0.3) is 0 Å². The van der Waals surface area contributed by atoms with Crippen molar-refractivity contribution < 1.29 is 9.18 Å². The van der Waals surface area contributed by atoms with Gasteiger partial charge in [0.1, 0.15) is 0 Å². The van der Waals surface area contributed by atoms with Crippen molar-refractivity contribution >= 4 is 11.6 Å². The number of pyridine rings is 1. The molecule has 0 bridgehead atoms. The van der Waals surface area contributed by atoms with Crippen LogP contribution in [0.5, 0.6) is 0 Å². The Hall–Kier alpha value is -1.49. The zero-order chi connectivity index (χ0) is 11.1. The fourth-order valence-corrected chi connectivity index (χ4v) is 1.03. The first kappa shape index (κ1) is 11.6. The number of carbonyl (C=O) groups is 1. The van der Waals surface area contributed by atoms with E-state index in [1.807, 2.05) is 6.92 Å². The highest BCUT2D eigenvalue weighted by atomic mass is 19.1. The van der Waals surface area contributed by atoms with E-state index in [0.29, 0.717) is 5.69 Å². The third-order valence-electron chi connectivity index (χ3n) is 1.72. The van der Waals surface area contributed by atoms with E-state index in [1.54, 1.807) is 0 Å². The van der Waals surface area contributed by atoms with Crippen LogP contribution >= 0.6 is 0 Å². The van der Waals surface area contributed by atoms with Crippen LogP contribution in [0.3, 0.4) is 0 Å². The average Bonchev–Trinajstić information content (AvgIpc) is 2.22. The van der Waals surface area contributed by atoms with Gasteiger partial charge in [-0.1, -0.05) is 6.92 Å². The Labute approximate surface area is 87.9 Å². The second-order valence-electron chi connectivity index (χ2n) is 3.09. The quantitative estimate of drug-likeness (QED) is 0.567. The van der Waals surface area contributed by atoms with Crippen LogP contribution in [0.4, 0.5) is 10.1 Å². The summed E-state index contributed by atoms with van der Waals surface area (Å²) in [7, 11) is 0. The molecule has 2 N–H and O–H groups in total. The minimum atomic E-state index is -0.558. The highest BCUT2D eigenvalue weighted by Crippen LogP contribution is 2.04. The van der Waals surface area contributed by atoms with Gasteiger partial charge < -0.3 is 10.6 Å². The summed E-state index contributed by atoms with van der Waals surface area (Å²) in [5.74, 6) is -0.714. The van der Waals surface area contributed by atoms with E-state index in [4.69, 9.17) is 0 Å². The predicted octanol–water partition coefficient (Wildman–Crippen LogP) is 1.16. The normalized spacial score (nSPS) is 10.0. The molecule has 1 heterocycles. The summed E-state index contributed by atoms with van der Waals surface area (Å²) in [6.07, 6.45) is 2.26. The number of halogens is 1. The monoisotopic (exact) mass is 211 g/mol. The molecule has 0 atom stereocenters. The van der Waals surface area contributed by atoms with Crippen molar-refractivity contribution in [3.05, 3.63) is 24.3 Å². The lowest BCUT2D eigenvalue weighted by Gasteiger charge is -2.05. The smallest absolute Gasteiger partial charge is 0.238 e. The molecule has 1 amide bonds. The molecule has 0 fully saturated rings. The van der Waals surface area contributed by atoms with Gasteiger partial charge in [-0.05, 0) is 25.1 Å². The van der Waals surface area contributed by atoms with E-state index in [0.717, 1.165) is 13.0 Å². The molecule has 1 rings (SSSR count). The largest absolute Gasteiger partial charge is 0.324 e. The van der Waals surface area contributed by atoms with E-state index >= 15 is 0 Å². The maximum absolute atomic E-state index is 12.4. The third kappa shape index (κ3) is 4.51. The first-order valence-electron chi connectivity index (χ1n) is 4.84. The molecule has 0 unspecified atom stereocenters. The van der Waals surface area contributed by atoms with Crippen LogP contribution in [-0.4, -0.2) is 24.0 Å². The number of anilines is 1. The maximum atomic E-state index is 12.4. The van der Waals surface area contributed by atoms with Crippen molar-refractivity contribution in [1.29, 1.82) is 0 Å². The van der Waals surface area contributed by atoms with Gasteiger partial charge in [0.05, 0.1) is 18.4 Å². The molecule has 0 saturated heterocycles. The van der Waals surface area contributed by atoms with Gasteiger partial charge in [0.15, 0.2) is 0 Å². The molecule has 0 saturated carbocycles. The molecule has 1 aromatic heterocycles. The number of nitrogens with one attached hydrogen (secondary N) is 2. The minimum Gasteiger partial charge on any atom is -0.324 e. The van der Waals surface area contributed by atoms with Gasteiger partial charge in [-0.2, -0.15) is 4.39 Å². The first-order chi connectivity index (χ1) is 7.22. The van der Waals surface area contributed by atoms with Crippen molar-refractivity contribution in [3.8, 4) is 0 Å². The molecule has 0 aromatic carbocycles. The predicted molar refractivity (Wildman–Crippen MR) is 56.0 cm³/mol. The Balaban J connectivity index is 2.34. The molecule has 82 valence electrons. The van der Waals surface area contributed by atoms with Gasteiger partial charge in [-0.3, -0.25) is 4.79 Å². The van der Waals surface area contributed by atoms with Crippen LogP contribution < -0.4 is 10.6 Å². The van der Waals surface area contributed by atoms with Crippen LogP contribution in [0.25, 0.3) is 0 Å². The van der Waals surface area contributed by atoms with Crippen LogP contribution in [0.15, 0.2) is 18.3 Å². The minimum absolute atomic E-state index is 0.156. The Bertz CT molecular complexity index is 313. The average molecular weight is 211 g/mol. The standard InChI is InChI=1S/C10H14FN3O/c1-2-5-12-7-10(15)14-8-3-4-9(11)13-6-8/h3-4,6,12H,2,5,7H2,1H3,(H,14,15). The Morgan fingerprint density at radius 3 is 2.93 bits per heavy atom. The number of rotatable bonds is 5. The highest BCUT2D eigenvalue weighted by Gasteiger charge is 2.01. The van der Waals surface area contributed by atoms with Crippen molar-refractivity contribution in [2.75, 3.05) is 18.4 Å². The van der Waals surface area contributed by atoms with E-state index in [2.05, 4.69) is 15.6 Å². The first-order valence-corrected chi connectivity index (χ1v) is 4.84. The second kappa shape index (κ2) is 6.08. The van der Waals surface area contributed by atoms with Crippen molar-refractivity contribution in [3.63, 3.8) is 0 Å².